The van der Waals surface area contributed by atoms with Gasteiger partial charge in [-0.15, -0.1) is 0 Å². The molecule has 0 radical (unpaired) electrons. The van der Waals surface area contributed by atoms with Gasteiger partial charge in [-0.3, -0.25) is 9.78 Å². The number of rotatable bonds is 11. The molecule has 1 amide bonds. The van der Waals surface area contributed by atoms with E-state index in [4.69, 9.17) is 16.3 Å². The molecular formula is C30H28ClN3O6S. The van der Waals surface area contributed by atoms with E-state index in [0.717, 1.165) is 5.56 Å². The molecule has 1 heterocycles. The Kier molecular flexibility index (Phi) is 9.72. The summed E-state index contributed by atoms with van der Waals surface area (Å²) in [6.07, 6.45) is 1.76. The molecule has 11 heteroatoms. The number of sulfonamides is 1. The highest BCUT2D eigenvalue weighted by molar-refractivity contribution is 7.89. The average Bonchev–Trinajstić information content (AvgIpc) is 2.98. The van der Waals surface area contributed by atoms with Gasteiger partial charge in [-0.1, -0.05) is 41.9 Å². The fraction of sp³-hybridized carbons (Fsp3) is 0.167. The van der Waals surface area contributed by atoms with Crippen LogP contribution in [0, 0.1) is 0 Å². The summed E-state index contributed by atoms with van der Waals surface area (Å²) in [4.78, 5) is 29.7. The van der Waals surface area contributed by atoms with Gasteiger partial charge in [0.1, 0.15) is 11.8 Å². The molecule has 0 aliphatic heterocycles. The van der Waals surface area contributed by atoms with Gasteiger partial charge in [-0.2, -0.15) is 4.31 Å². The zero-order valence-corrected chi connectivity index (χ0v) is 23.7. The number of phenols is 1. The summed E-state index contributed by atoms with van der Waals surface area (Å²) in [6.45, 7) is 0.0567. The molecule has 4 aromatic rings. The highest BCUT2D eigenvalue weighted by atomic mass is 35.5. The van der Waals surface area contributed by atoms with Crippen LogP contribution < -0.4 is 5.32 Å². The van der Waals surface area contributed by atoms with E-state index in [1.54, 1.807) is 60.8 Å². The number of carbonyl (C=O) groups excluding carboxylic acids is 2. The second-order valence-electron chi connectivity index (χ2n) is 9.16. The molecular weight excluding hydrogens is 566 g/mol. The van der Waals surface area contributed by atoms with Crippen molar-refractivity contribution in [1.82, 2.24) is 14.6 Å². The predicted octanol–water partition coefficient (Wildman–Crippen LogP) is 4.35. The first-order chi connectivity index (χ1) is 19.7. The van der Waals surface area contributed by atoms with Crippen LogP contribution in [0.2, 0.25) is 5.02 Å². The molecule has 1 unspecified atom stereocenters. The van der Waals surface area contributed by atoms with E-state index >= 15 is 0 Å². The molecule has 0 spiro atoms. The lowest BCUT2D eigenvalue weighted by Gasteiger charge is -2.22. The Bertz CT molecular complexity index is 1580. The van der Waals surface area contributed by atoms with Crippen molar-refractivity contribution >= 4 is 33.5 Å². The number of nitrogens with zero attached hydrogens (tertiary/aromatic N) is 2. The van der Waals surface area contributed by atoms with Gasteiger partial charge in [0, 0.05) is 29.7 Å². The number of aromatic hydroxyl groups is 1. The second-order valence-corrected chi connectivity index (χ2v) is 11.5. The molecule has 41 heavy (non-hydrogen) atoms. The van der Waals surface area contributed by atoms with Crippen LogP contribution >= 0.6 is 11.6 Å². The fourth-order valence-corrected chi connectivity index (χ4v) is 5.59. The zero-order chi connectivity index (χ0) is 29.4. The van der Waals surface area contributed by atoms with E-state index in [1.165, 1.54) is 47.8 Å². The first kappa shape index (κ1) is 29.7. The number of phenolic OH excluding ortho intramolecular Hbond substituents is 1. The number of methoxy groups -OCH3 is 1. The molecule has 0 fully saturated rings. The minimum absolute atomic E-state index is 0.0229. The number of benzene rings is 3. The van der Waals surface area contributed by atoms with E-state index in [9.17, 15) is 23.1 Å². The summed E-state index contributed by atoms with van der Waals surface area (Å²) < 4.78 is 33.2. The van der Waals surface area contributed by atoms with Crippen molar-refractivity contribution in [3.8, 4) is 5.75 Å². The lowest BCUT2D eigenvalue weighted by atomic mass is 10.0. The second kappa shape index (κ2) is 13.4. The lowest BCUT2D eigenvalue weighted by molar-refractivity contribution is -0.142. The van der Waals surface area contributed by atoms with Crippen LogP contribution in [0.5, 0.6) is 5.75 Å². The van der Waals surface area contributed by atoms with E-state index in [-0.39, 0.29) is 35.7 Å². The monoisotopic (exact) mass is 593 g/mol. The summed E-state index contributed by atoms with van der Waals surface area (Å²) in [5, 5.41) is 12.6. The predicted molar refractivity (Wildman–Crippen MR) is 154 cm³/mol. The molecule has 1 aromatic heterocycles. The third-order valence-corrected chi connectivity index (χ3v) is 8.32. The third-order valence-electron chi connectivity index (χ3n) is 6.26. The average molecular weight is 594 g/mol. The van der Waals surface area contributed by atoms with E-state index in [2.05, 4.69) is 10.3 Å². The molecule has 0 bridgehead atoms. The summed E-state index contributed by atoms with van der Waals surface area (Å²) in [5.74, 6) is -1.02. The minimum atomic E-state index is -3.91. The largest absolute Gasteiger partial charge is 0.508 e. The number of hydrogen-bond donors (Lipinski definition) is 2. The van der Waals surface area contributed by atoms with Gasteiger partial charge >= 0.3 is 5.97 Å². The molecule has 2 N–H and O–H groups in total. The molecule has 212 valence electrons. The fourth-order valence-electron chi connectivity index (χ4n) is 4.06. The lowest BCUT2D eigenvalue weighted by Crippen LogP contribution is -2.43. The Morgan fingerprint density at radius 2 is 1.59 bits per heavy atom. The molecule has 4 rings (SSSR count). The van der Waals surface area contributed by atoms with Gasteiger partial charge < -0.3 is 15.2 Å². The maximum Gasteiger partial charge on any atom is 0.328 e. The highest BCUT2D eigenvalue weighted by Gasteiger charge is 2.26. The number of amides is 1. The molecule has 0 aliphatic carbocycles. The van der Waals surface area contributed by atoms with Crippen LogP contribution in [0.1, 0.15) is 27.2 Å². The molecule has 0 saturated carbocycles. The summed E-state index contributed by atoms with van der Waals surface area (Å²) in [5.41, 5.74) is 2.22. The number of hydrogen-bond acceptors (Lipinski definition) is 7. The highest BCUT2D eigenvalue weighted by Crippen LogP contribution is 2.23. The number of nitrogens with one attached hydrogen (secondary N) is 1. The van der Waals surface area contributed by atoms with Crippen molar-refractivity contribution in [2.24, 2.45) is 0 Å². The molecule has 3 aromatic carbocycles. The SMILES string of the molecule is COC(=O)C(Cc1ccc(O)cc1)NC(=O)c1ccc(CN(Cc2ccccn2)S(=O)(=O)c2ccc(Cl)cc2)cc1. The number of esters is 1. The third kappa shape index (κ3) is 7.91. The van der Waals surface area contributed by atoms with Crippen molar-refractivity contribution in [3.05, 3.63) is 125 Å². The Morgan fingerprint density at radius 1 is 0.927 bits per heavy atom. The first-order valence-corrected chi connectivity index (χ1v) is 14.4. The van der Waals surface area contributed by atoms with Gasteiger partial charge in [-0.25, -0.2) is 13.2 Å². The van der Waals surface area contributed by atoms with E-state index in [0.29, 0.717) is 16.3 Å². The topological polar surface area (TPSA) is 126 Å². The Balaban J connectivity index is 1.51. The number of aromatic nitrogens is 1. The minimum Gasteiger partial charge on any atom is -0.508 e. The van der Waals surface area contributed by atoms with Crippen LogP contribution in [-0.2, 0) is 39.1 Å². The molecule has 9 nitrogen and oxygen atoms in total. The van der Waals surface area contributed by atoms with E-state index < -0.39 is 27.9 Å². The zero-order valence-electron chi connectivity index (χ0n) is 22.1. The van der Waals surface area contributed by atoms with Crippen LogP contribution in [0.15, 0.2) is 102 Å². The van der Waals surface area contributed by atoms with Gasteiger partial charge in [-0.05, 0) is 71.8 Å². The van der Waals surface area contributed by atoms with Crippen LogP contribution in [0.4, 0.5) is 0 Å². The number of halogens is 1. The van der Waals surface area contributed by atoms with Gasteiger partial charge in [0.2, 0.25) is 10.0 Å². The van der Waals surface area contributed by atoms with Crippen molar-refractivity contribution in [2.45, 2.75) is 30.4 Å². The summed E-state index contributed by atoms with van der Waals surface area (Å²) in [7, 11) is -2.68. The molecule has 0 saturated heterocycles. The van der Waals surface area contributed by atoms with Crippen molar-refractivity contribution < 1.29 is 27.9 Å². The number of ether oxygens (including phenoxy) is 1. The number of pyridine rings is 1. The Hall–Kier alpha value is -4.25. The molecule has 0 aliphatic rings. The van der Waals surface area contributed by atoms with Crippen molar-refractivity contribution in [1.29, 1.82) is 0 Å². The maximum absolute atomic E-state index is 13.5. The van der Waals surface area contributed by atoms with Crippen molar-refractivity contribution in [3.63, 3.8) is 0 Å². The van der Waals surface area contributed by atoms with Crippen molar-refractivity contribution in [2.75, 3.05) is 7.11 Å². The molecule has 1 atom stereocenters. The van der Waals surface area contributed by atoms with Crippen LogP contribution in [0.3, 0.4) is 0 Å². The summed E-state index contributed by atoms with van der Waals surface area (Å²) >= 11 is 5.96. The van der Waals surface area contributed by atoms with E-state index in [1.807, 2.05) is 0 Å². The normalized spacial score (nSPS) is 12.1. The van der Waals surface area contributed by atoms with Crippen LogP contribution in [-0.4, -0.2) is 47.8 Å². The van der Waals surface area contributed by atoms with Gasteiger partial charge in [0.25, 0.3) is 5.91 Å². The quantitative estimate of drug-likeness (QED) is 0.248. The van der Waals surface area contributed by atoms with Gasteiger partial charge in [0.05, 0.1) is 24.2 Å². The Labute approximate surface area is 243 Å². The maximum atomic E-state index is 13.5. The standard InChI is InChI=1S/C30H28ClN3O6S/c1-40-30(37)28(18-21-7-13-26(35)14-8-21)33-29(36)23-9-5-22(6-10-23)19-34(20-25-4-2-3-17-32-25)41(38,39)27-15-11-24(31)12-16-27/h2-17,28,35H,18-20H2,1H3,(H,33,36). The van der Waals surface area contributed by atoms with Crippen LogP contribution in [0.25, 0.3) is 0 Å². The summed E-state index contributed by atoms with van der Waals surface area (Å²) in [6, 6.07) is 23.0. The number of carbonyl (C=O) groups is 2. The van der Waals surface area contributed by atoms with Gasteiger partial charge in [0.15, 0.2) is 0 Å². The Morgan fingerprint density at radius 3 is 2.20 bits per heavy atom. The first-order valence-electron chi connectivity index (χ1n) is 12.6. The smallest absolute Gasteiger partial charge is 0.328 e.